The molecule has 2 amide bonds. The summed E-state index contributed by atoms with van der Waals surface area (Å²) in [5, 5.41) is 41.2. The summed E-state index contributed by atoms with van der Waals surface area (Å²) in [5.74, 6) is -1.05. The highest BCUT2D eigenvalue weighted by atomic mass is 32.2. The Morgan fingerprint density at radius 1 is 0.986 bits per heavy atom. The zero-order chi connectivity index (χ0) is 54.7. The minimum absolute atomic E-state index is 0.00431. The van der Waals surface area contributed by atoms with Crippen LogP contribution in [0.1, 0.15) is 90.7 Å². The first-order valence-electron chi connectivity index (χ1n) is 22.8. The number of phosphoric acid groups is 3. The SMILES string of the molecule is CC(C)(COP(=O)(O)OP(=O)(O)OCC1OC(n2cnc3c(N)ncnc32)C(O)C1OP(=O)(O)O)C(O)C(=O)NCCC(=O)NCCSC(=O)CCCCCCCCCCCOc1ccc(N=[N+]=[N-])cc1[N+](=O)[O-]. The van der Waals surface area contributed by atoms with Crippen molar-refractivity contribution in [1.29, 1.82) is 0 Å². The molecule has 412 valence electrons. The lowest BCUT2D eigenvalue weighted by molar-refractivity contribution is -0.385. The number of nitrogen functional groups attached to an aromatic ring is 1. The molecule has 1 saturated heterocycles. The number of carbonyl (C=O) groups is 3. The molecule has 7 atom stereocenters. The van der Waals surface area contributed by atoms with Crippen LogP contribution in [0.25, 0.3) is 21.6 Å². The molecule has 3 heterocycles. The number of benzene rings is 1. The first kappa shape index (κ1) is 61.8. The van der Waals surface area contributed by atoms with Gasteiger partial charge >= 0.3 is 29.2 Å². The van der Waals surface area contributed by atoms with E-state index in [1.54, 1.807) is 0 Å². The van der Waals surface area contributed by atoms with Gasteiger partial charge in [0, 0.05) is 53.8 Å². The van der Waals surface area contributed by atoms with E-state index in [2.05, 4.69) is 44.4 Å². The molecule has 0 bridgehead atoms. The van der Waals surface area contributed by atoms with E-state index in [0.29, 0.717) is 18.8 Å². The average molecular weight is 1130 g/mol. The molecule has 1 fully saturated rings. The topological polar surface area (TPSA) is 465 Å². The van der Waals surface area contributed by atoms with Gasteiger partial charge in [0.1, 0.15) is 36.3 Å². The molecule has 0 spiro atoms. The Kier molecular flexibility index (Phi) is 24.2. The number of phosphoric ester groups is 3. The fourth-order valence-electron chi connectivity index (χ4n) is 7.04. The number of azide groups is 1. The molecule has 7 unspecified atom stereocenters. The standard InChI is InChI=1S/C39H60N11O20P3S/c1-39(2,22-67-73(63,64)70-72(61,62)66-21-28-33(69-71(58,59)60)32(53)38(68-28)49-24-46-31-35(40)44-23-45-36(31)49)34(54)37(55)43-16-15-29(51)42-17-19-74-30(52)12-10-8-6-4-3-5-7-9-11-18-65-27-14-13-25(47-48-41)20-26(27)50(56)57/h13-14,20,23-24,28,32-34,38,53-54H,3-12,15-19,21-22H2,1-2H3,(H,42,51)(H,43,55)(H,61,62)(H,63,64)(H2,40,44,45)(H2,58,59,60). The molecule has 0 saturated carbocycles. The molecule has 1 aromatic carbocycles. The second kappa shape index (κ2) is 29.0. The quantitative estimate of drug-likeness (QED) is 0.00756. The van der Waals surface area contributed by atoms with Gasteiger partial charge in [0.25, 0.3) is 0 Å². The van der Waals surface area contributed by atoms with E-state index >= 15 is 0 Å². The van der Waals surface area contributed by atoms with Gasteiger partial charge in [-0.3, -0.25) is 42.6 Å². The van der Waals surface area contributed by atoms with Gasteiger partial charge in [0.05, 0.1) is 31.1 Å². The van der Waals surface area contributed by atoms with E-state index in [9.17, 15) is 68.0 Å². The Labute approximate surface area is 426 Å². The molecular weight excluding hydrogens is 1070 g/mol. The van der Waals surface area contributed by atoms with Crippen molar-refractivity contribution in [3.8, 4) is 5.75 Å². The molecule has 3 aromatic rings. The Morgan fingerprint density at radius 3 is 2.31 bits per heavy atom. The first-order valence-corrected chi connectivity index (χ1v) is 28.3. The van der Waals surface area contributed by atoms with Gasteiger partial charge in [0.2, 0.25) is 11.8 Å². The lowest BCUT2D eigenvalue weighted by Gasteiger charge is -2.30. The van der Waals surface area contributed by atoms with Crippen molar-refractivity contribution >= 4 is 80.5 Å². The Bertz CT molecular complexity index is 2590. The molecule has 74 heavy (non-hydrogen) atoms. The maximum Gasteiger partial charge on any atom is 0.481 e. The van der Waals surface area contributed by atoms with Crippen LogP contribution in [0.2, 0.25) is 0 Å². The number of unbranched alkanes of at least 4 members (excludes halogenated alkanes) is 8. The zero-order valence-electron chi connectivity index (χ0n) is 40.1. The summed E-state index contributed by atoms with van der Waals surface area (Å²) < 4.78 is 68.0. The van der Waals surface area contributed by atoms with Crippen LogP contribution < -0.4 is 21.1 Å². The molecule has 2 aromatic heterocycles. The van der Waals surface area contributed by atoms with Crippen LogP contribution in [0.15, 0.2) is 36.0 Å². The maximum absolute atomic E-state index is 12.8. The highest BCUT2D eigenvalue weighted by Crippen LogP contribution is 2.61. The molecule has 35 heteroatoms. The highest BCUT2D eigenvalue weighted by molar-refractivity contribution is 8.13. The molecule has 1 aliphatic heterocycles. The summed E-state index contributed by atoms with van der Waals surface area (Å²) in [5.41, 5.74) is 12.6. The number of thioether (sulfide) groups is 1. The number of hydrogen-bond donors (Lipinski definition) is 9. The fraction of sp³-hybridized carbons (Fsp3) is 0.641. The number of aromatic nitrogens is 4. The second-order valence-electron chi connectivity index (χ2n) is 17.2. The zero-order valence-corrected chi connectivity index (χ0v) is 43.6. The summed E-state index contributed by atoms with van der Waals surface area (Å²) in [4.78, 5) is 102. The largest absolute Gasteiger partial charge is 0.487 e. The minimum atomic E-state index is -5.60. The van der Waals surface area contributed by atoms with E-state index in [1.165, 1.54) is 32.0 Å². The van der Waals surface area contributed by atoms with E-state index in [1.807, 2.05) is 0 Å². The van der Waals surface area contributed by atoms with Gasteiger partial charge in [-0.15, -0.1) is 0 Å². The van der Waals surface area contributed by atoms with Crippen LogP contribution in [0.3, 0.4) is 0 Å². The summed E-state index contributed by atoms with van der Waals surface area (Å²) in [6, 6.07) is 4.03. The van der Waals surface area contributed by atoms with Crippen molar-refractivity contribution < 1.29 is 90.1 Å². The van der Waals surface area contributed by atoms with E-state index in [4.69, 9.17) is 29.8 Å². The molecular formula is C39H60N11O20P3S. The predicted octanol–water partition coefficient (Wildman–Crippen LogP) is 4.49. The number of fused-ring (bicyclic) bond motifs is 1. The van der Waals surface area contributed by atoms with E-state index in [-0.39, 0.29) is 58.7 Å². The first-order chi connectivity index (χ1) is 34.8. The lowest BCUT2D eigenvalue weighted by atomic mass is 9.87. The van der Waals surface area contributed by atoms with Gasteiger partial charge in [-0.05, 0) is 30.5 Å². The number of hydrogen-bond acceptors (Lipinski definition) is 22. The van der Waals surface area contributed by atoms with Gasteiger partial charge in [0.15, 0.2) is 28.6 Å². The Hall–Kier alpha value is -4.71. The second-order valence-corrected chi connectivity index (χ2v) is 22.6. The van der Waals surface area contributed by atoms with Gasteiger partial charge < -0.3 is 55.6 Å². The summed E-state index contributed by atoms with van der Waals surface area (Å²) in [6.45, 7) is 0.722. The van der Waals surface area contributed by atoms with E-state index in [0.717, 1.165) is 86.8 Å². The predicted molar refractivity (Wildman–Crippen MR) is 261 cm³/mol. The van der Waals surface area contributed by atoms with Crippen LogP contribution in [0.4, 0.5) is 17.2 Å². The molecule has 31 nitrogen and oxygen atoms in total. The number of carbonyl (C=O) groups excluding carboxylic acids is 3. The summed E-state index contributed by atoms with van der Waals surface area (Å²) in [6.07, 6.45) is 1.70. The molecule has 1 aliphatic rings. The monoisotopic (exact) mass is 1130 g/mol. The molecule has 0 radical (unpaired) electrons. The van der Waals surface area contributed by atoms with Gasteiger partial charge in [-0.1, -0.05) is 75.7 Å². The Balaban J connectivity index is 1.04. The summed E-state index contributed by atoms with van der Waals surface area (Å²) >= 11 is 1.09. The number of nitro benzene ring substituents is 1. The van der Waals surface area contributed by atoms with Crippen LogP contribution in [0, 0.1) is 15.5 Å². The lowest BCUT2D eigenvalue weighted by Crippen LogP contribution is -2.46. The van der Waals surface area contributed by atoms with E-state index < -0.39 is 89.5 Å². The number of nitro groups is 1. The third-order valence-corrected chi connectivity index (χ3v) is 14.9. The minimum Gasteiger partial charge on any atom is -0.487 e. The number of imidazole rings is 1. The van der Waals surface area contributed by atoms with Crippen LogP contribution in [-0.2, 0) is 50.7 Å². The normalized spacial score (nSPS) is 19.0. The Morgan fingerprint density at radius 2 is 1.65 bits per heavy atom. The van der Waals surface area contributed by atoms with Crippen molar-refractivity contribution in [3.05, 3.63) is 51.4 Å². The maximum atomic E-state index is 12.8. The number of amides is 2. The third kappa shape index (κ3) is 20.4. The number of nitrogens with zero attached hydrogens (tertiary/aromatic N) is 8. The molecule has 0 aliphatic carbocycles. The summed E-state index contributed by atoms with van der Waals surface area (Å²) in [7, 11) is -16.5. The van der Waals surface area contributed by atoms with Crippen LogP contribution >= 0.6 is 35.2 Å². The third-order valence-electron chi connectivity index (χ3n) is 10.8. The van der Waals surface area contributed by atoms with Crippen molar-refractivity contribution in [2.45, 2.75) is 115 Å². The molecule has 10 N–H and O–H groups in total. The van der Waals surface area contributed by atoms with Crippen LogP contribution in [0.5, 0.6) is 5.75 Å². The van der Waals surface area contributed by atoms with Crippen LogP contribution in [-0.4, -0.2) is 134 Å². The van der Waals surface area contributed by atoms with Crippen molar-refractivity contribution in [2.75, 3.05) is 44.4 Å². The number of aliphatic hydroxyl groups excluding tert-OH is 2. The fourth-order valence-corrected chi connectivity index (χ4v) is 10.6. The highest BCUT2D eigenvalue weighted by Gasteiger charge is 2.50. The smallest absolute Gasteiger partial charge is 0.481 e. The number of anilines is 1. The molecule has 4 rings (SSSR count). The number of nitrogens with one attached hydrogen (secondary N) is 2. The number of ether oxygens (including phenoxy) is 2. The number of rotatable bonds is 34. The number of nitrogens with two attached hydrogens (primary N) is 1. The van der Waals surface area contributed by atoms with Crippen molar-refractivity contribution in [3.63, 3.8) is 0 Å². The van der Waals surface area contributed by atoms with Crippen molar-refractivity contribution in [1.82, 2.24) is 30.2 Å². The van der Waals surface area contributed by atoms with Gasteiger partial charge in [-0.25, -0.2) is 28.6 Å². The number of aliphatic hydroxyl groups is 2. The van der Waals surface area contributed by atoms with Crippen molar-refractivity contribution in [2.24, 2.45) is 10.5 Å². The average Bonchev–Trinajstić information content (AvgIpc) is 3.89. The van der Waals surface area contributed by atoms with Gasteiger partial charge in [-0.2, -0.15) is 4.31 Å².